The molecule has 1 aromatic heterocycles. The number of anilines is 1. The van der Waals surface area contributed by atoms with Crippen LogP contribution in [0.25, 0.3) is 5.69 Å². The lowest BCUT2D eigenvalue weighted by molar-refractivity contribution is -0.113. The summed E-state index contributed by atoms with van der Waals surface area (Å²) in [7, 11) is 1.57. The smallest absolute Gasteiger partial charge is 0.266 e. The highest BCUT2D eigenvalue weighted by Crippen LogP contribution is 2.25. The molecule has 0 saturated heterocycles. The molecule has 178 valence electrons. The van der Waals surface area contributed by atoms with Gasteiger partial charge in [0, 0.05) is 12.1 Å². The first-order valence-corrected chi connectivity index (χ1v) is 12.0. The van der Waals surface area contributed by atoms with Gasteiger partial charge in [-0.1, -0.05) is 60.3 Å². The summed E-state index contributed by atoms with van der Waals surface area (Å²) in [5, 5.41) is 13.8. The number of benzene rings is 3. The van der Waals surface area contributed by atoms with Gasteiger partial charge in [0.2, 0.25) is 11.8 Å². The maximum Gasteiger partial charge on any atom is 0.266 e. The number of amides is 1. The van der Waals surface area contributed by atoms with E-state index in [0.29, 0.717) is 11.4 Å². The van der Waals surface area contributed by atoms with E-state index in [0.717, 1.165) is 28.6 Å². The summed E-state index contributed by atoms with van der Waals surface area (Å²) in [5.41, 5.74) is 2.89. The Morgan fingerprint density at radius 3 is 2.40 bits per heavy atom. The van der Waals surface area contributed by atoms with Crippen LogP contribution < -0.4 is 15.6 Å². The second-order valence-electron chi connectivity index (χ2n) is 7.85. The second kappa shape index (κ2) is 10.9. The van der Waals surface area contributed by atoms with Gasteiger partial charge in [0.1, 0.15) is 5.75 Å². The first-order valence-electron chi connectivity index (χ1n) is 11.0. The first-order chi connectivity index (χ1) is 17.0. The van der Waals surface area contributed by atoms with E-state index in [1.54, 1.807) is 31.4 Å². The van der Waals surface area contributed by atoms with Gasteiger partial charge in [-0.3, -0.25) is 14.2 Å². The monoisotopic (exact) mass is 487 g/mol. The van der Waals surface area contributed by atoms with Crippen molar-refractivity contribution in [3.63, 3.8) is 0 Å². The number of hydrogen-bond donors (Lipinski definition) is 2. The number of ether oxygens (including phenoxy) is 1. The number of carbonyl (C=O) groups is 1. The van der Waals surface area contributed by atoms with Gasteiger partial charge in [-0.15, -0.1) is 0 Å². The molecule has 0 radical (unpaired) electrons. The van der Waals surface area contributed by atoms with Crippen molar-refractivity contribution in [2.45, 2.75) is 18.5 Å². The second-order valence-corrected chi connectivity index (χ2v) is 8.79. The topological polar surface area (TPSA) is 93.4 Å². The molecule has 2 N–H and O–H groups in total. The Bertz CT molecular complexity index is 1390. The number of aromatic nitrogens is 2. The van der Waals surface area contributed by atoms with Gasteiger partial charge in [0.05, 0.1) is 24.1 Å². The number of methoxy groups -OCH3 is 1. The third-order valence-corrected chi connectivity index (χ3v) is 6.37. The van der Waals surface area contributed by atoms with Gasteiger partial charge >= 0.3 is 0 Å². The molecule has 4 aromatic rings. The largest absolute Gasteiger partial charge is 0.497 e. The minimum Gasteiger partial charge on any atom is -0.497 e. The molecule has 0 atom stereocenters. The Labute approximate surface area is 207 Å². The molecule has 0 spiro atoms. The molecule has 0 bridgehead atoms. The summed E-state index contributed by atoms with van der Waals surface area (Å²) in [6, 6.07) is 23.9. The summed E-state index contributed by atoms with van der Waals surface area (Å²) in [4.78, 5) is 30.5. The van der Waals surface area contributed by atoms with E-state index in [1.807, 2.05) is 61.5 Å². The van der Waals surface area contributed by atoms with E-state index in [2.05, 4.69) is 10.3 Å². The number of para-hydroxylation sites is 1. The zero-order chi connectivity index (χ0) is 24.8. The molecule has 4 rings (SSSR count). The van der Waals surface area contributed by atoms with Gasteiger partial charge in [-0.25, -0.2) is 0 Å². The van der Waals surface area contributed by atoms with Gasteiger partial charge in [-0.2, -0.15) is 4.98 Å². The van der Waals surface area contributed by atoms with Crippen LogP contribution in [0.5, 0.6) is 11.6 Å². The Morgan fingerprint density at radius 1 is 1.03 bits per heavy atom. The van der Waals surface area contributed by atoms with Crippen LogP contribution in [0, 0.1) is 6.92 Å². The predicted molar refractivity (Wildman–Crippen MR) is 138 cm³/mol. The summed E-state index contributed by atoms with van der Waals surface area (Å²) >= 11 is 1.08. The Hall–Kier alpha value is -4.04. The number of rotatable bonds is 8. The summed E-state index contributed by atoms with van der Waals surface area (Å²) < 4.78 is 6.65. The third kappa shape index (κ3) is 5.73. The molecular weight excluding hydrogens is 462 g/mol. The van der Waals surface area contributed by atoms with Crippen LogP contribution in [-0.2, 0) is 11.2 Å². The number of nitrogens with one attached hydrogen (secondary N) is 1. The molecular formula is C27H25N3O4S. The van der Waals surface area contributed by atoms with Gasteiger partial charge in [-0.05, 0) is 48.4 Å². The van der Waals surface area contributed by atoms with E-state index in [9.17, 15) is 14.7 Å². The number of hydrogen-bond acceptors (Lipinski definition) is 6. The molecule has 35 heavy (non-hydrogen) atoms. The number of aromatic hydroxyl groups is 1. The lowest BCUT2D eigenvalue weighted by Gasteiger charge is -2.15. The van der Waals surface area contributed by atoms with Crippen molar-refractivity contribution in [2.75, 3.05) is 18.2 Å². The van der Waals surface area contributed by atoms with Gasteiger partial charge in [0.25, 0.3) is 5.56 Å². The maximum absolute atomic E-state index is 13.6. The molecule has 0 aliphatic rings. The standard InChI is InChI=1S/C27H25N3O4S/c1-18-8-6-7-11-23(18)28-24(31)17-35-27-29-25(32)22(16-19-9-4-3-5-10-19)26(33)30(27)20-12-14-21(34-2)15-13-20/h3-15,32H,16-17H2,1-2H3,(H,28,31). The van der Waals surface area contributed by atoms with Crippen molar-refractivity contribution in [2.24, 2.45) is 0 Å². The maximum atomic E-state index is 13.6. The first kappa shape index (κ1) is 24.1. The lowest BCUT2D eigenvalue weighted by atomic mass is 10.1. The SMILES string of the molecule is COc1ccc(-n2c(SCC(=O)Nc3ccccc3C)nc(O)c(Cc3ccccc3)c2=O)cc1. The molecule has 0 unspecified atom stereocenters. The van der Waals surface area contributed by atoms with Crippen molar-refractivity contribution in [3.05, 3.63) is 106 Å². The zero-order valence-corrected chi connectivity index (χ0v) is 20.2. The zero-order valence-electron chi connectivity index (χ0n) is 19.4. The van der Waals surface area contributed by atoms with Crippen LogP contribution in [0.3, 0.4) is 0 Å². The number of aryl methyl sites for hydroxylation is 1. The van der Waals surface area contributed by atoms with Crippen molar-refractivity contribution in [1.29, 1.82) is 0 Å². The van der Waals surface area contributed by atoms with Crippen molar-refractivity contribution in [3.8, 4) is 17.3 Å². The molecule has 8 heteroatoms. The van der Waals surface area contributed by atoms with Gasteiger partial charge in [0.15, 0.2) is 5.16 Å². The Kier molecular flexibility index (Phi) is 7.52. The van der Waals surface area contributed by atoms with E-state index in [-0.39, 0.29) is 34.7 Å². The number of carbonyl (C=O) groups excluding carboxylic acids is 1. The predicted octanol–water partition coefficient (Wildman–Crippen LogP) is 4.58. The summed E-state index contributed by atoms with van der Waals surface area (Å²) in [6.07, 6.45) is 0.230. The fourth-order valence-electron chi connectivity index (χ4n) is 3.57. The highest BCUT2D eigenvalue weighted by molar-refractivity contribution is 7.99. The highest BCUT2D eigenvalue weighted by atomic mass is 32.2. The third-order valence-electron chi connectivity index (χ3n) is 5.43. The quantitative estimate of drug-likeness (QED) is 0.279. The van der Waals surface area contributed by atoms with Crippen molar-refractivity contribution in [1.82, 2.24) is 9.55 Å². The highest BCUT2D eigenvalue weighted by Gasteiger charge is 2.19. The summed E-state index contributed by atoms with van der Waals surface area (Å²) in [6.45, 7) is 1.91. The molecule has 0 aliphatic carbocycles. The average Bonchev–Trinajstić information content (AvgIpc) is 2.87. The minimum atomic E-state index is -0.395. The van der Waals surface area contributed by atoms with Crippen molar-refractivity contribution >= 4 is 23.4 Å². The summed E-state index contributed by atoms with van der Waals surface area (Å²) in [5.74, 6) is 0.0666. The van der Waals surface area contributed by atoms with E-state index < -0.39 is 5.56 Å². The fourth-order valence-corrected chi connectivity index (χ4v) is 4.37. The van der Waals surface area contributed by atoms with E-state index in [1.165, 1.54) is 4.57 Å². The molecule has 1 amide bonds. The van der Waals surface area contributed by atoms with Crippen LogP contribution >= 0.6 is 11.8 Å². The molecule has 7 nitrogen and oxygen atoms in total. The molecule has 0 saturated carbocycles. The van der Waals surface area contributed by atoms with Crippen LogP contribution in [0.4, 0.5) is 5.69 Å². The molecule has 0 fully saturated rings. The van der Waals surface area contributed by atoms with Crippen molar-refractivity contribution < 1.29 is 14.6 Å². The van der Waals surface area contributed by atoms with E-state index in [4.69, 9.17) is 4.74 Å². The van der Waals surface area contributed by atoms with Gasteiger partial charge < -0.3 is 15.2 Å². The minimum absolute atomic E-state index is 0.00833. The average molecular weight is 488 g/mol. The normalized spacial score (nSPS) is 10.7. The number of thioether (sulfide) groups is 1. The lowest BCUT2D eigenvalue weighted by Crippen LogP contribution is -2.26. The number of nitrogens with zero attached hydrogens (tertiary/aromatic N) is 2. The fraction of sp³-hybridized carbons (Fsp3) is 0.148. The Morgan fingerprint density at radius 2 is 1.71 bits per heavy atom. The van der Waals surface area contributed by atoms with Crippen LogP contribution in [0.15, 0.2) is 88.8 Å². The van der Waals surface area contributed by atoms with E-state index >= 15 is 0 Å². The van der Waals surface area contributed by atoms with Crippen LogP contribution in [0.2, 0.25) is 0 Å². The Balaban J connectivity index is 1.67. The van der Waals surface area contributed by atoms with Crippen LogP contribution in [0.1, 0.15) is 16.7 Å². The molecule has 3 aromatic carbocycles. The molecule has 1 heterocycles. The molecule has 0 aliphatic heterocycles. The van der Waals surface area contributed by atoms with Crippen LogP contribution in [-0.4, -0.2) is 33.4 Å².